The maximum Gasteiger partial charge on any atom is 0.0991 e. The summed E-state index contributed by atoms with van der Waals surface area (Å²) in [6, 6.07) is 9.97. The van der Waals surface area contributed by atoms with Crippen LogP contribution in [0.1, 0.15) is 35.5 Å². The van der Waals surface area contributed by atoms with Gasteiger partial charge in [-0.25, -0.2) is 0 Å². The second-order valence-electron chi connectivity index (χ2n) is 4.77. The predicted molar refractivity (Wildman–Crippen MR) is 75.9 cm³/mol. The van der Waals surface area contributed by atoms with Gasteiger partial charge in [-0.3, -0.25) is 4.68 Å². The van der Waals surface area contributed by atoms with Gasteiger partial charge in [0.2, 0.25) is 0 Å². The third-order valence-electron chi connectivity index (χ3n) is 3.39. The zero-order valence-electron chi connectivity index (χ0n) is 11.7. The molecule has 0 radical (unpaired) electrons. The third kappa shape index (κ3) is 2.60. The molecule has 1 N–H and O–H groups in total. The van der Waals surface area contributed by atoms with Crippen molar-refractivity contribution in [2.24, 2.45) is 7.05 Å². The minimum atomic E-state index is 0.134. The number of nitrogens with zero attached hydrogens (tertiary/aromatic N) is 3. The van der Waals surface area contributed by atoms with Crippen LogP contribution in [-0.4, -0.2) is 9.78 Å². The van der Waals surface area contributed by atoms with Crippen molar-refractivity contribution in [3.8, 4) is 6.07 Å². The van der Waals surface area contributed by atoms with E-state index >= 15 is 0 Å². The summed E-state index contributed by atoms with van der Waals surface area (Å²) in [7, 11) is 1.94. The summed E-state index contributed by atoms with van der Waals surface area (Å²) in [6.07, 6.45) is 0. The molecule has 1 aromatic carbocycles. The Bertz CT molecular complexity index is 634. The molecule has 0 fully saturated rings. The monoisotopic (exact) mass is 254 g/mol. The summed E-state index contributed by atoms with van der Waals surface area (Å²) < 4.78 is 1.87. The first-order valence-corrected chi connectivity index (χ1v) is 6.29. The van der Waals surface area contributed by atoms with Crippen molar-refractivity contribution in [3.05, 3.63) is 46.8 Å². The van der Waals surface area contributed by atoms with E-state index in [2.05, 4.69) is 23.4 Å². The van der Waals surface area contributed by atoms with Crippen molar-refractivity contribution in [3.63, 3.8) is 0 Å². The molecule has 0 aliphatic heterocycles. The second-order valence-corrected chi connectivity index (χ2v) is 4.77. The van der Waals surface area contributed by atoms with E-state index in [9.17, 15) is 0 Å². The molecule has 2 rings (SSSR count). The molecule has 1 heterocycles. The lowest BCUT2D eigenvalue weighted by atomic mass is 10.1. The van der Waals surface area contributed by atoms with Gasteiger partial charge in [-0.05, 0) is 38.5 Å². The molecule has 2 aromatic rings. The lowest BCUT2D eigenvalue weighted by molar-refractivity contribution is 0.731. The van der Waals surface area contributed by atoms with Crippen LogP contribution in [0.2, 0.25) is 0 Å². The van der Waals surface area contributed by atoms with Gasteiger partial charge >= 0.3 is 0 Å². The number of anilines is 1. The maximum absolute atomic E-state index is 8.94. The van der Waals surface area contributed by atoms with Crippen LogP contribution in [0.5, 0.6) is 0 Å². The lowest BCUT2D eigenvalue weighted by Crippen LogP contribution is -2.08. The van der Waals surface area contributed by atoms with E-state index in [1.807, 2.05) is 49.8 Å². The van der Waals surface area contributed by atoms with Gasteiger partial charge in [0.15, 0.2) is 0 Å². The van der Waals surface area contributed by atoms with E-state index in [4.69, 9.17) is 5.26 Å². The van der Waals surface area contributed by atoms with Crippen LogP contribution in [0.15, 0.2) is 24.3 Å². The summed E-state index contributed by atoms with van der Waals surface area (Å²) in [4.78, 5) is 0. The molecule has 4 heteroatoms. The molecule has 1 atom stereocenters. The Morgan fingerprint density at radius 1 is 1.37 bits per heavy atom. The van der Waals surface area contributed by atoms with E-state index < -0.39 is 0 Å². The van der Waals surface area contributed by atoms with Gasteiger partial charge < -0.3 is 5.32 Å². The first-order valence-electron chi connectivity index (χ1n) is 6.29. The number of rotatable bonds is 3. The highest BCUT2D eigenvalue weighted by Gasteiger charge is 2.13. The van der Waals surface area contributed by atoms with E-state index in [0.29, 0.717) is 5.56 Å². The Morgan fingerprint density at radius 3 is 2.68 bits per heavy atom. The fourth-order valence-corrected chi connectivity index (χ4v) is 2.16. The molecule has 0 aliphatic carbocycles. The zero-order chi connectivity index (χ0) is 14.0. The van der Waals surface area contributed by atoms with Crippen molar-refractivity contribution in [2.45, 2.75) is 26.8 Å². The molecule has 1 aromatic heterocycles. The van der Waals surface area contributed by atoms with E-state index in [1.54, 1.807) is 0 Å². The number of hydrogen-bond acceptors (Lipinski definition) is 3. The van der Waals surface area contributed by atoms with Gasteiger partial charge in [0, 0.05) is 13.1 Å². The molecule has 4 nitrogen and oxygen atoms in total. The molecule has 0 bridgehead atoms. The van der Waals surface area contributed by atoms with Gasteiger partial charge in [-0.1, -0.05) is 12.1 Å². The molecule has 98 valence electrons. The Morgan fingerprint density at radius 2 is 2.11 bits per heavy atom. The second kappa shape index (κ2) is 5.15. The maximum atomic E-state index is 8.94. The summed E-state index contributed by atoms with van der Waals surface area (Å²) in [5.74, 6) is 0. The van der Waals surface area contributed by atoms with Crippen LogP contribution in [0.25, 0.3) is 0 Å². The van der Waals surface area contributed by atoms with Crippen molar-refractivity contribution in [1.29, 1.82) is 5.26 Å². The van der Waals surface area contributed by atoms with Gasteiger partial charge in [-0.2, -0.15) is 10.4 Å². The topological polar surface area (TPSA) is 53.6 Å². The minimum Gasteiger partial charge on any atom is -0.376 e. The van der Waals surface area contributed by atoms with Crippen LogP contribution in [0, 0.1) is 25.2 Å². The molecule has 0 saturated carbocycles. The van der Waals surface area contributed by atoms with Gasteiger partial charge in [0.05, 0.1) is 28.7 Å². The van der Waals surface area contributed by atoms with Crippen LogP contribution < -0.4 is 5.32 Å². The van der Waals surface area contributed by atoms with Crippen LogP contribution in [-0.2, 0) is 7.05 Å². The smallest absolute Gasteiger partial charge is 0.0991 e. The Kier molecular flexibility index (Phi) is 3.57. The Hall–Kier alpha value is -2.28. The summed E-state index contributed by atoms with van der Waals surface area (Å²) in [5, 5.41) is 16.8. The first-order chi connectivity index (χ1) is 9.02. The first kappa shape index (κ1) is 13.2. The molecule has 0 amide bonds. The van der Waals surface area contributed by atoms with Crippen LogP contribution in [0.3, 0.4) is 0 Å². The fraction of sp³-hybridized carbons (Fsp3) is 0.333. The van der Waals surface area contributed by atoms with Gasteiger partial charge in [-0.15, -0.1) is 0 Å². The van der Waals surface area contributed by atoms with E-state index in [0.717, 1.165) is 22.6 Å². The zero-order valence-corrected chi connectivity index (χ0v) is 11.7. The highest BCUT2D eigenvalue weighted by molar-refractivity contribution is 5.53. The van der Waals surface area contributed by atoms with Crippen molar-refractivity contribution in [2.75, 3.05) is 5.32 Å². The number of aromatic nitrogens is 2. The molecule has 0 saturated heterocycles. The largest absolute Gasteiger partial charge is 0.376 e. The number of benzene rings is 1. The minimum absolute atomic E-state index is 0.134. The van der Waals surface area contributed by atoms with Crippen molar-refractivity contribution in [1.82, 2.24) is 9.78 Å². The molecular formula is C15H18N4. The molecule has 1 unspecified atom stereocenters. The molecule has 0 spiro atoms. The number of hydrogen-bond donors (Lipinski definition) is 1. The summed E-state index contributed by atoms with van der Waals surface area (Å²) in [6.45, 7) is 6.12. The standard InChI is InChI=1S/C15H18N4/c1-10(14-7-5-6-13(8-14)9-16)17-15-11(2)18-19(4)12(15)3/h5-8,10,17H,1-4H3. The van der Waals surface area contributed by atoms with Crippen molar-refractivity contribution >= 4 is 5.69 Å². The van der Waals surface area contributed by atoms with Gasteiger partial charge in [0.25, 0.3) is 0 Å². The molecule has 0 aliphatic rings. The summed E-state index contributed by atoms with van der Waals surface area (Å²) >= 11 is 0. The third-order valence-corrected chi connectivity index (χ3v) is 3.39. The fourth-order valence-electron chi connectivity index (χ4n) is 2.16. The Labute approximate surface area is 113 Å². The number of nitriles is 1. The van der Waals surface area contributed by atoms with Crippen LogP contribution >= 0.6 is 0 Å². The van der Waals surface area contributed by atoms with E-state index in [1.165, 1.54) is 0 Å². The molecule has 19 heavy (non-hydrogen) atoms. The Balaban J connectivity index is 2.25. The lowest BCUT2D eigenvalue weighted by Gasteiger charge is -2.16. The highest BCUT2D eigenvalue weighted by atomic mass is 15.3. The van der Waals surface area contributed by atoms with E-state index in [-0.39, 0.29) is 6.04 Å². The summed E-state index contributed by atoms with van der Waals surface area (Å²) in [5.41, 5.74) is 4.95. The normalized spacial score (nSPS) is 11.9. The average molecular weight is 254 g/mol. The van der Waals surface area contributed by atoms with Gasteiger partial charge in [0.1, 0.15) is 0 Å². The molecular weight excluding hydrogens is 236 g/mol. The number of aryl methyl sites for hydroxylation is 2. The quantitative estimate of drug-likeness (QED) is 0.915. The van der Waals surface area contributed by atoms with Crippen molar-refractivity contribution < 1.29 is 0 Å². The average Bonchev–Trinajstić information content (AvgIpc) is 2.65. The predicted octanol–water partition coefficient (Wildman–Crippen LogP) is 3.08. The number of nitrogens with one attached hydrogen (secondary N) is 1. The van der Waals surface area contributed by atoms with Crippen LogP contribution in [0.4, 0.5) is 5.69 Å². The highest BCUT2D eigenvalue weighted by Crippen LogP contribution is 2.25. The SMILES string of the molecule is Cc1nn(C)c(C)c1NC(C)c1cccc(C#N)c1.